The minimum atomic E-state index is -4.99. The van der Waals surface area contributed by atoms with Gasteiger partial charge in [0.05, 0.1) is 26.4 Å². The maximum Gasteiger partial charge on any atom is 0.472 e. The van der Waals surface area contributed by atoms with Crippen LogP contribution in [0.25, 0.3) is 0 Å². The van der Waals surface area contributed by atoms with Crippen molar-refractivity contribution in [2.45, 2.75) is 303 Å². The Labute approximate surface area is 617 Å². The molecule has 102 heavy (non-hydrogen) atoms. The van der Waals surface area contributed by atoms with Crippen molar-refractivity contribution in [2.24, 2.45) is 0 Å². The van der Waals surface area contributed by atoms with Crippen molar-refractivity contribution in [2.75, 3.05) is 39.6 Å². The van der Waals surface area contributed by atoms with Gasteiger partial charge >= 0.3 is 39.5 Å². The van der Waals surface area contributed by atoms with Gasteiger partial charge in [0.2, 0.25) is 0 Å². The Kier molecular flexibility index (Phi) is 70.1. The summed E-state index contributed by atoms with van der Waals surface area (Å²) in [6.45, 7) is 4.36. The fourth-order valence-corrected chi connectivity index (χ4v) is 11.2. The van der Waals surface area contributed by atoms with Crippen LogP contribution in [0.5, 0.6) is 0 Å². The summed E-state index contributed by atoms with van der Waals surface area (Å²) in [6, 6.07) is 0. The number of rotatable bonds is 71. The van der Waals surface area contributed by atoms with Gasteiger partial charge in [-0.3, -0.25) is 37.3 Å². The first kappa shape index (κ1) is 96.7. The third-order valence-corrected chi connectivity index (χ3v) is 17.4. The lowest BCUT2D eigenvalue weighted by Gasteiger charge is -2.21. The van der Waals surface area contributed by atoms with E-state index >= 15 is 0 Å². The first-order valence-electron chi connectivity index (χ1n) is 38.7. The van der Waals surface area contributed by atoms with Crippen LogP contribution in [0.2, 0.25) is 0 Å². The number of unbranched alkanes of at least 4 members (excludes halogenated alkanes) is 19. The molecule has 0 fully saturated rings. The predicted octanol–water partition coefficient (Wildman–Crippen LogP) is 22.4. The average Bonchev–Trinajstić information content (AvgIpc) is 0.939. The third-order valence-electron chi connectivity index (χ3n) is 15.4. The van der Waals surface area contributed by atoms with E-state index in [1.807, 2.05) is 0 Å². The van der Waals surface area contributed by atoms with Crippen molar-refractivity contribution in [1.82, 2.24) is 0 Å². The van der Waals surface area contributed by atoms with Gasteiger partial charge in [-0.1, -0.05) is 256 Å². The van der Waals surface area contributed by atoms with E-state index in [1.165, 1.54) is 0 Å². The number of aliphatic hydroxyl groups is 1. The van der Waals surface area contributed by atoms with Gasteiger partial charge in [-0.2, -0.15) is 0 Å². The Balaban J connectivity index is 5.43. The molecule has 0 radical (unpaired) electrons. The quantitative estimate of drug-likeness (QED) is 0.0169. The number of allylic oxidation sites excluding steroid dienone is 26. The zero-order chi connectivity index (χ0) is 74.6. The fourth-order valence-electron chi connectivity index (χ4n) is 9.66. The van der Waals surface area contributed by atoms with E-state index in [0.717, 1.165) is 205 Å². The van der Waals surface area contributed by atoms with Gasteiger partial charge in [0.1, 0.15) is 19.3 Å². The molecule has 17 nitrogen and oxygen atoms in total. The molecule has 0 aliphatic heterocycles. The maximum atomic E-state index is 13.1. The molecule has 0 amide bonds. The molecule has 19 heteroatoms. The second-order valence-electron chi connectivity index (χ2n) is 25.1. The SMILES string of the molecule is CC/C=C\C/C=C\C/C=C\C/C=C\CCCCCCC(=O)OCC(COP(=O)(O)OCC(O)COP(=O)(O)OCC(COC(=O)CCCCCC/C=C\C/C=C\C/C=C\C/C=C\CC)OC(=O)CCCCCCC/C=C\C/C=C\CCC)OC(=O)CCCCCCC/C=C\C/C=C\C/C=C\CC. The molecule has 0 aromatic rings. The molecule has 3 N–H and O–H groups in total. The molecule has 0 aromatic heterocycles. The molecular weight excluding hydrogens is 1330 g/mol. The smallest absolute Gasteiger partial charge is 0.462 e. The van der Waals surface area contributed by atoms with Crippen molar-refractivity contribution in [3.05, 3.63) is 158 Å². The van der Waals surface area contributed by atoms with E-state index in [4.69, 9.17) is 37.0 Å². The van der Waals surface area contributed by atoms with Crippen LogP contribution in [0.15, 0.2) is 158 Å². The summed E-state index contributed by atoms with van der Waals surface area (Å²) in [4.78, 5) is 72.9. The van der Waals surface area contributed by atoms with Crippen LogP contribution in [0.3, 0.4) is 0 Å². The van der Waals surface area contributed by atoms with Crippen LogP contribution in [0.1, 0.15) is 285 Å². The number of phosphoric acid groups is 2. The lowest BCUT2D eigenvalue weighted by molar-refractivity contribution is -0.161. The molecular formula is C83H136O17P2. The van der Waals surface area contributed by atoms with Crippen LogP contribution < -0.4 is 0 Å². The van der Waals surface area contributed by atoms with E-state index in [1.54, 1.807) is 0 Å². The molecule has 0 rings (SSSR count). The highest BCUT2D eigenvalue weighted by atomic mass is 31.2. The van der Waals surface area contributed by atoms with E-state index in [2.05, 4.69) is 186 Å². The highest BCUT2D eigenvalue weighted by molar-refractivity contribution is 7.47. The molecule has 0 aliphatic carbocycles. The number of hydrogen-bond donors (Lipinski definition) is 3. The maximum absolute atomic E-state index is 13.1. The first-order chi connectivity index (χ1) is 49.7. The van der Waals surface area contributed by atoms with Gasteiger partial charge in [-0.25, -0.2) is 9.13 Å². The minimum Gasteiger partial charge on any atom is -0.462 e. The van der Waals surface area contributed by atoms with E-state index in [9.17, 15) is 43.2 Å². The number of carbonyl (C=O) groups is 4. The molecule has 5 atom stereocenters. The van der Waals surface area contributed by atoms with Gasteiger partial charge in [0.15, 0.2) is 12.2 Å². The number of phosphoric ester groups is 2. The summed E-state index contributed by atoms with van der Waals surface area (Å²) in [5.74, 6) is -2.27. The van der Waals surface area contributed by atoms with E-state index < -0.39 is 97.5 Å². The largest absolute Gasteiger partial charge is 0.472 e. The lowest BCUT2D eigenvalue weighted by Crippen LogP contribution is -2.30. The monoisotopic (exact) mass is 1470 g/mol. The minimum absolute atomic E-state index is 0.0639. The zero-order valence-electron chi connectivity index (χ0n) is 63.2. The van der Waals surface area contributed by atoms with Gasteiger partial charge in [-0.05, 0) is 161 Å². The Bertz CT molecular complexity index is 2550. The van der Waals surface area contributed by atoms with E-state index in [0.29, 0.717) is 25.7 Å². The van der Waals surface area contributed by atoms with Gasteiger partial charge in [0, 0.05) is 25.7 Å². The number of carbonyl (C=O) groups excluding carboxylic acids is 4. The molecule has 0 spiro atoms. The molecule has 0 heterocycles. The standard InChI is InChI=1S/C83H136O17P2/c1-5-9-13-17-21-25-29-33-36-38-41-44-47-51-55-59-63-67-80(85)93-73-78(99-82(87)69-65-61-57-53-49-43-32-28-24-20-16-12-8-4)75-97-101(89,90)95-71-77(84)72-96-102(91,92)98-76-79(100-83(88)70-66-62-58-54-50-46-40-35-31-27-23-19-15-11-7-3)74-94-81(86)68-64-60-56-52-48-45-42-39-37-34-30-26-22-18-14-10-6-2/h9-11,13-16,20-23,25-28,32-37,40-42,44-45,77-79,84H,5-8,12,17-19,24,29-31,38-39,43,46-76H2,1-4H3,(H,89,90)(H,91,92)/b13-9-,14-10-,15-11-,20-16-,25-21-,26-22-,27-23-,32-28-,36-33-,37-34-,40-35-,44-41-,45-42-. The second kappa shape index (κ2) is 74.0. The number of hydrogen-bond acceptors (Lipinski definition) is 15. The van der Waals surface area contributed by atoms with Crippen molar-refractivity contribution in [1.29, 1.82) is 0 Å². The van der Waals surface area contributed by atoms with Crippen LogP contribution in [-0.4, -0.2) is 96.7 Å². The number of esters is 4. The number of aliphatic hydroxyl groups excluding tert-OH is 1. The first-order valence-corrected chi connectivity index (χ1v) is 41.7. The van der Waals surface area contributed by atoms with Crippen molar-refractivity contribution in [3.8, 4) is 0 Å². The summed E-state index contributed by atoms with van der Waals surface area (Å²) in [7, 11) is -9.99. The Morgan fingerprint density at radius 3 is 0.784 bits per heavy atom. The summed E-state index contributed by atoms with van der Waals surface area (Å²) >= 11 is 0. The Hall–Kier alpha value is -5.32. The van der Waals surface area contributed by atoms with Crippen LogP contribution in [0.4, 0.5) is 0 Å². The van der Waals surface area contributed by atoms with Crippen LogP contribution in [-0.2, 0) is 65.4 Å². The normalized spacial score (nSPS) is 14.8. The number of ether oxygens (including phenoxy) is 4. The average molecular weight is 1470 g/mol. The van der Waals surface area contributed by atoms with Gasteiger partial charge in [0.25, 0.3) is 0 Å². The molecule has 0 saturated heterocycles. The topological polar surface area (TPSA) is 237 Å². The summed E-state index contributed by atoms with van der Waals surface area (Å²) in [6.07, 6.45) is 85.1. The molecule has 0 bridgehead atoms. The van der Waals surface area contributed by atoms with Gasteiger partial charge in [-0.15, -0.1) is 0 Å². The lowest BCUT2D eigenvalue weighted by atomic mass is 10.1. The van der Waals surface area contributed by atoms with Crippen molar-refractivity contribution < 1.29 is 80.2 Å². The summed E-state index contributed by atoms with van der Waals surface area (Å²) in [5, 5.41) is 10.6. The summed E-state index contributed by atoms with van der Waals surface area (Å²) in [5.41, 5.74) is 0. The highest BCUT2D eigenvalue weighted by Gasteiger charge is 2.30. The van der Waals surface area contributed by atoms with Crippen LogP contribution in [0, 0.1) is 0 Å². The van der Waals surface area contributed by atoms with E-state index in [-0.39, 0.29) is 25.7 Å². The third kappa shape index (κ3) is 73.0. The van der Waals surface area contributed by atoms with Gasteiger partial charge < -0.3 is 33.8 Å². The molecule has 0 saturated carbocycles. The molecule has 5 unspecified atom stereocenters. The van der Waals surface area contributed by atoms with Crippen LogP contribution >= 0.6 is 15.6 Å². The molecule has 0 aliphatic rings. The summed E-state index contributed by atoms with van der Waals surface area (Å²) < 4.78 is 68.5. The van der Waals surface area contributed by atoms with Crippen molar-refractivity contribution in [3.63, 3.8) is 0 Å². The predicted molar refractivity (Wildman–Crippen MR) is 417 cm³/mol. The second-order valence-corrected chi connectivity index (χ2v) is 28.1. The Morgan fingerprint density at radius 1 is 0.284 bits per heavy atom. The highest BCUT2D eigenvalue weighted by Crippen LogP contribution is 2.45. The Morgan fingerprint density at radius 2 is 0.510 bits per heavy atom. The molecule has 0 aromatic carbocycles. The zero-order valence-corrected chi connectivity index (χ0v) is 65.0. The molecule has 580 valence electrons. The fraction of sp³-hybridized carbons (Fsp3) is 0.639. The van der Waals surface area contributed by atoms with Crippen molar-refractivity contribution >= 4 is 39.5 Å².